The maximum absolute atomic E-state index is 4.54. The number of imidazole rings is 1. The van der Waals surface area contributed by atoms with E-state index in [-0.39, 0.29) is 0 Å². The van der Waals surface area contributed by atoms with Gasteiger partial charge >= 0.3 is 0 Å². The van der Waals surface area contributed by atoms with Crippen LogP contribution >= 0.6 is 24.4 Å². The van der Waals surface area contributed by atoms with Gasteiger partial charge in [0.2, 0.25) is 0 Å². The number of rotatable bonds is 4. The summed E-state index contributed by atoms with van der Waals surface area (Å²) in [5, 5.41) is 1.01. The fourth-order valence-corrected chi connectivity index (χ4v) is 4.38. The summed E-state index contributed by atoms with van der Waals surface area (Å²) in [6, 6.07) is 0. The van der Waals surface area contributed by atoms with Crippen molar-refractivity contribution in [2.75, 3.05) is 11.5 Å². The molecule has 0 unspecified atom stereocenters. The highest BCUT2D eigenvalue weighted by Gasteiger charge is 2.32. The fraction of sp³-hybridized carbons (Fsp3) is 0.583. The van der Waals surface area contributed by atoms with Crippen molar-refractivity contribution in [2.24, 2.45) is 5.41 Å². The van der Waals surface area contributed by atoms with Gasteiger partial charge < -0.3 is 4.98 Å². The molecule has 0 spiro atoms. The lowest BCUT2D eigenvalue weighted by molar-refractivity contribution is 0.403. The molecular formula is C12H16N4S2. The Kier molecular flexibility index (Phi) is 3.48. The van der Waals surface area contributed by atoms with Gasteiger partial charge in [-0.3, -0.25) is 0 Å². The number of aromatic amines is 1. The van der Waals surface area contributed by atoms with E-state index in [9.17, 15) is 0 Å². The van der Waals surface area contributed by atoms with Gasteiger partial charge in [0.25, 0.3) is 0 Å². The molecular weight excluding hydrogens is 264 g/mol. The maximum Gasteiger partial charge on any atom is 0.181 e. The van der Waals surface area contributed by atoms with E-state index in [2.05, 4.69) is 32.6 Å². The second kappa shape index (κ2) is 5.09. The summed E-state index contributed by atoms with van der Waals surface area (Å²) in [6.45, 7) is 0. The van der Waals surface area contributed by atoms with E-state index in [1.807, 2.05) is 0 Å². The van der Waals surface area contributed by atoms with Crippen molar-refractivity contribution in [3.8, 4) is 0 Å². The van der Waals surface area contributed by atoms with Crippen LogP contribution in [0.4, 0.5) is 0 Å². The molecule has 0 atom stereocenters. The smallest absolute Gasteiger partial charge is 0.181 e. The van der Waals surface area contributed by atoms with Crippen molar-refractivity contribution in [1.29, 1.82) is 0 Å². The number of nitrogens with one attached hydrogen (secondary N) is 1. The molecule has 96 valence electrons. The van der Waals surface area contributed by atoms with Gasteiger partial charge in [-0.25, -0.2) is 15.0 Å². The van der Waals surface area contributed by atoms with Crippen LogP contribution in [0.25, 0.3) is 11.2 Å². The summed E-state index contributed by atoms with van der Waals surface area (Å²) in [4.78, 5) is 15.8. The Labute approximate surface area is 116 Å². The molecule has 1 N–H and O–H groups in total. The summed E-state index contributed by atoms with van der Waals surface area (Å²) in [5.74, 6) is 2.05. The third-order valence-electron chi connectivity index (χ3n) is 3.70. The Hall–Kier alpha value is -0.750. The highest BCUT2D eigenvalue weighted by atomic mass is 32.2. The Morgan fingerprint density at radius 3 is 2.89 bits per heavy atom. The lowest BCUT2D eigenvalue weighted by atomic mass is 9.91. The van der Waals surface area contributed by atoms with Gasteiger partial charge in [0.05, 0.1) is 6.33 Å². The first kappa shape index (κ1) is 12.3. The highest BCUT2D eigenvalue weighted by Crippen LogP contribution is 2.43. The average Bonchev–Trinajstić information content (AvgIpc) is 3.06. The van der Waals surface area contributed by atoms with Crippen LogP contribution in [0, 0.1) is 5.41 Å². The zero-order valence-corrected chi connectivity index (χ0v) is 11.8. The Morgan fingerprint density at radius 1 is 1.28 bits per heavy atom. The minimum atomic E-state index is 0.394. The second-order valence-corrected chi connectivity index (χ2v) is 6.21. The van der Waals surface area contributed by atoms with Gasteiger partial charge in [-0.2, -0.15) is 12.6 Å². The summed E-state index contributed by atoms with van der Waals surface area (Å²) >= 11 is 6.35. The summed E-state index contributed by atoms with van der Waals surface area (Å²) in [5.41, 5.74) is 2.10. The number of nitrogens with zero attached hydrogens (tertiary/aromatic N) is 3. The van der Waals surface area contributed by atoms with E-state index < -0.39 is 0 Å². The normalized spacial score (nSPS) is 18.5. The monoisotopic (exact) mass is 280 g/mol. The van der Waals surface area contributed by atoms with Crippen molar-refractivity contribution in [1.82, 2.24) is 19.9 Å². The molecule has 1 saturated carbocycles. The van der Waals surface area contributed by atoms with Gasteiger partial charge in [0, 0.05) is 5.75 Å². The summed E-state index contributed by atoms with van der Waals surface area (Å²) in [7, 11) is 0. The van der Waals surface area contributed by atoms with Gasteiger partial charge in [-0.1, -0.05) is 12.8 Å². The lowest BCUT2D eigenvalue weighted by Gasteiger charge is -2.25. The first-order valence-corrected chi connectivity index (χ1v) is 7.83. The first-order valence-electron chi connectivity index (χ1n) is 6.21. The third-order valence-corrected chi connectivity index (χ3v) is 5.71. The number of H-pyrrole nitrogens is 1. The standard InChI is InChI=1S/C12H16N4S2/c17-5-12(3-1-2-4-12)6-18-11-9-10(14-7-13-9)15-8-16-11/h7-8,17H,1-6H2,(H,13,14,15,16). The Bertz CT molecular complexity index is 534. The second-order valence-electron chi connectivity index (χ2n) is 4.93. The molecule has 18 heavy (non-hydrogen) atoms. The molecule has 1 fully saturated rings. The number of hydrogen-bond acceptors (Lipinski definition) is 5. The predicted octanol–water partition coefficient (Wildman–Crippen LogP) is 2.94. The SMILES string of the molecule is SCC1(CSc2ncnc3nc[nH]c23)CCCC1. The molecule has 0 radical (unpaired) electrons. The van der Waals surface area contributed by atoms with Crippen LogP contribution in [-0.4, -0.2) is 31.4 Å². The van der Waals surface area contributed by atoms with Crippen LogP contribution in [0.15, 0.2) is 17.7 Å². The van der Waals surface area contributed by atoms with Gasteiger partial charge in [-0.05, 0) is 24.0 Å². The van der Waals surface area contributed by atoms with Crippen LogP contribution in [0.1, 0.15) is 25.7 Å². The number of thiol groups is 1. The van der Waals surface area contributed by atoms with Crippen LogP contribution in [0.5, 0.6) is 0 Å². The van der Waals surface area contributed by atoms with Crippen molar-refractivity contribution in [2.45, 2.75) is 30.7 Å². The number of thioether (sulfide) groups is 1. The van der Waals surface area contributed by atoms with Crippen LogP contribution in [0.3, 0.4) is 0 Å². The summed E-state index contributed by atoms with van der Waals surface area (Å²) < 4.78 is 0. The van der Waals surface area contributed by atoms with Crippen LogP contribution in [-0.2, 0) is 0 Å². The van der Waals surface area contributed by atoms with Gasteiger partial charge in [-0.15, -0.1) is 11.8 Å². The maximum atomic E-state index is 4.54. The molecule has 0 aliphatic heterocycles. The van der Waals surface area contributed by atoms with Crippen molar-refractivity contribution >= 4 is 35.6 Å². The number of hydrogen-bond donors (Lipinski definition) is 2. The molecule has 2 aromatic rings. The fourth-order valence-electron chi connectivity index (χ4n) is 2.55. The van der Waals surface area contributed by atoms with E-state index in [1.54, 1.807) is 24.4 Å². The zero-order chi connectivity index (χ0) is 12.4. The van der Waals surface area contributed by atoms with Crippen LogP contribution in [0.2, 0.25) is 0 Å². The average molecular weight is 280 g/mol. The number of aromatic nitrogens is 4. The first-order chi connectivity index (χ1) is 8.83. The molecule has 0 bridgehead atoms. The lowest BCUT2D eigenvalue weighted by Crippen LogP contribution is -2.21. The van der Waals surface area contributed by atoms with E-state index in [4.69, 9.17) is 0 Å². The molecule has 1 aliphatic rings. The molecule has 0 aromatic carbocycles. The molecule has 2 heterocycles. The van der Waals surface area contributed by atoms with E-state index in [1.165, 1.54) is 25.7 Å². The Balaban J connectivity index is 1.78. The molecule has 1 aliphatic carbocycles. The highest BCUT2D eigenvalue weighted by molar-refractivity contribution is 7.99. The molecule has 4 nitrogen and oxygen atoms in total. The van der Waals surface area contributed by atoms with E-state index >= 15 is 0 Å². The third kappa shape index (κ3) is 2.23. The van der Waals surface area contributed by atoms with E-state index in [0.717, 1.165) is 27.7 Å². The zero-order valence-electron chi connectivity index (χ0n) is 10.1. The number of fused-ring (bicyclic) bond motifs is 1. The minimum Gasteiger partial charge on any atom is -0.341 e. The molecule has 0 amide bonds. The van der Waals surface area contributed by atoms with Crippen molar-refractivity contribution in [3.63, 3.8) is 0 Å². The molecule has 6 heteroatoms. The van der Waals surface area contributed by atoms with E-state index in [0.29, 0.717) is 5.41 Å². The quantitative estimate of drug-likeness (QED) is 0.513. The predicted molar refractivity (Wildman–Crippen MR) is 77.2 cm³/mol. The topological polar surface area (TPSA) is 54.5 Å². The molecule has 0 saturated heterocycles. The van der Waals surface area contributed by atoms with Gasteiger partial charge in [0.15, 0.2) is 5.65 Å². The summed E-state index contributed by atoms with van der Waals surface area (Å²) in [6.07, 6.45) is 8.52. The largest absolute Gasteiger partial charge is 0.341 e. The van der Waals surface area contributed by atoms with Crippen molar-refractivity contribution < 1.29 is 0 Å². The molecule has 3 rings (SSSR count). The molecule has 2 aromatic heterocycles. The van der Waals surface area contributed by atoms with Gasteiger partial charge in [0.1, 0.15) is 16.9 Å². The van der Waals surface area contributed by atoms with Crippen LogP contribution < -0.4 is 0 Å². The Morgan fingerprint density at radius 2 is 2.11 bits per heavy atom. The minimum absolute atomic E-state index is 0.394. The van der Waals surface area contributed by atoms with Crippen molar-refractivity contribution in [3.05, 3.63) is 12.7 Å².